The monoisotopic (exact) mass is 343 g/mol. The number of thioether (sulfide) groups is 1. The second-order valence-electron chi connectivity index (χ2n) is 6.19. The van der Waals surface area contributed by atoms with E-state index in [4.69, 9.17) is 4.52 Å². The number of hydrogen-bond acceptors (Lipinski definition) is 6. The average molecular weight is 343 g/mol. The Hall–Kier alpha value is -2.15. The number of nitrogens with zero attached hydrogens (tertiary/aromatic N) is 5. The predicted molar refractivity (Wildman–Crippen MR) is 93.8 cm³/mol. The molecule has 0 N–H and O–H groups in total. The molecule has 6 nitrogen and oxygen atoms in total. The van der Waals surface area contributed by atoms with Crippen LogP contribution in [0.4, 0.5) is 0 Å². The summed E-state index contributed by atoms with van der Waals surface area (Å²) in [6.45, 7) is 8.54. The van der Waals surface area contributed by atoms with E-state index in [0.29, 0.717) is 29.4 Å². The first kappa shape index (κ1) is 16.7. The first-order valence-electron chi connectivity index (χ1n) is 8.00. The van der Waals surface area contributed by atoms with Crippen LogP contribution in [0, 0.1) is 0 Å². The topological polar surface area (TPSA) is 69.6 Å². The van der Waals surface area contributed by atoms with Gasteiger partial charge in [-0.3, -0.25) is 0 Å². The van der Waals surface area contributed by atoms with Crippen molar-refractivity contribution in [2.75, 3.05) is 0 Å². The van der Waals surface area contributed by atoms with E-state index in [1.807, 2.05) is 16.7 Å². The van der Waals surface area contributed by atoms with Crippen LogP contribution in [0.3, 0.4) is 0 Å². The zero-order chi connectivity index (χ0) is 17.1. The molecule has 0 unspecified atom stereocenters. The van der Waals surface area contributed by atoms with Gasteiger partial charge < -0.3 is 9.09 Å². The molecule has 0 atom stereocenters. The molecule has 2 heterocycles. The van der Waals surface area contributed by atoms with Gasteiger partial charge in [-0.15, -0.1) is 10.2 Å². The van der Waals surface area contributed by atoms with E-state index in [0.717, 1.165) is 10.7 Å². The molecule has 0 saturated carbocycles. The van der Waals surface area contributed by atoms with E-state index in [-0.39, 0.29) is 0 Å². The molecular formula is C17H21N5OS. The van der Waals surface area contributed by atoms with Crippen LogP contribution < -0.4 is 0 Å². The smallest absolute Gasteiger partial charge is 0.237 e. The highest BCUT2D eigenvalue weighted by atomic mass is 32.2. The molecule has 0 bridgehead atoms. The van der Waals surface area contributed by atoms with Gasteiger partial charge in [-0.05, 0) is 25.3 Å². The summed E-state index contributed by atoms with van der Waals surface area (Å²) < 4.78 is 7.38. The first-order chi connectivity index (χ1) is 11.5. The van der Waals surface area contributed by atoms with Gasteiger partial charge in [0.05, 0.1) is 5.75 Å². The van der Waals surface area contributed by atoms with Crippen molar-refractivity contribution in [2.45, 2.75) is 50.6 Å². The van der Waals surface area contributed by atoms with E-state index in [1.54, 1.807) is 18.1 Å². The lowest BCUT2D eigenvalue weighted by molar-refractivity contribution is 0.391. The quantitative estimate of drug-likeness (QED) is 0.621. The number of hydrogen-bond donors (Lipinski definition) is 0. The fourth-order valence-electron chi connectivity index (χ4n) is 2.26. The standard InChI is InChI=1S/C17H21N5OS/c1-11(2)13-5-7-14(8-6-13)16-19-15(23-21-16)9-24-17-20-18-10-22(17)12(3)4/h5-8,10-12H,9H2,1-4H3. The summed E-state index contributed by atoms with van der Waals surface area (Å²) in [6.07, 6.45) is 1.74. The molecule has 0 aliphatic heterocycles. The normalized spacial score (nSPS) is 11.6. The highest BCUT2D eigenvalue weighted by Crippen LogP contribution is 2.24. The molecule has 2 aromatic heterocycles. The molecular weight excluding hydrogens is 322 g/mol. The Morgan fingerprint density at radius 1 is 1.12 bits per heavy atom. The van der Waals surface area contributed by atoms with Crippen molar-refractivity contribution in [3.8, 4) is 11.4 Å². The summed E-state index contributed by atoms with van der Waals surface area (Å²) in [6, 6.07) is 8.60. The van der Waals surface area contributed by atoms with Gasteiger partial charge in [-0.2, -0.15) is 4.98 Å². The average Bonchev–Trinajstić information content (AvgIpc) is 3.22. The third kappa shape index (κ3) is 3.67. The maximum atomic E-state index is 5.36. The highest BCUT2D eigenvalue weighted by molar-refractivity contribution is 7.98. The third-order valence-electron chi connectivity index (χ3n) is 3.72. The van der Waals surface area contributed by atoms with Gasteiger partial charge in [0, 0.05) is 11.6 Å². The van der Waals surface area contributed by atoms with E-state index in [2.05, 4.69) is 60.2 Å². The highest BCUT2D eigenvalue weighted by Gasteiger charge is 2.13. The van der Waals surface area contributed by atoms with Crippen molar-refractivity contribution in [1.29, 1.82) is 0 Å². The molecule has 1 aromatic carbocycles. The molecule has 3 rings (SSSR count). The van der Waals surface area contributed by atoms with Gasteiger partial charge in [0.25, 0.3) is 0 Å². The number of aromatic nitrogens is 5. The molecule has 0 aliphatic carbocycles. The van der Waals surface area contributed by atoms with Gasteiger partial charge in [-0.1, -0.05) is 55.0 Å². The summed E-state index contributed by atoms with van der Waals surface area (Å²) in [7, 11) is 0. The lowest BCUT2D eigenvalue weighted by Crippen LogP contribution is -2.00. The molecule has 7 heteroatoms. The Kier molecular flexibility index (Phi) is 4.99. The summed E-state index contributed by atoms with van der Waals surface area (Å²) >= 11 is 1.54. The fourth-order valence-corrected chi connectivity index (χ4v) is 3.15. The van der Waals surface area contributed by atoms with Crippen molar-refractivity contribution in [3.05, 3.63) is 42.0 Å². The minimum absolute atomic E-state index is 0.320. The molecule has 0 amide bonds. The Bertz CT molecular complexity index is 791. The Labute approximate surface area is 145 Å². The van der Waals surface area contributed by atoms with Crippen LogP contribution >= 0.6 is 11.8 Å². The summed E-state index contributed by atoms with van der Waals surface area (Å²) in [5, 5.41) is 13.0. The minimum atomic E-state index is 0.320. The maximum Gasteiger partial charge on any atom is 0.237 e. The second kappa shape index (κ2) is 7.17. The van der Waals surface area contributed by atoms with Crippen molar-refractivity contribution >= 4 is 11.8 Å². The van der Waals surface area contributed by atoms with Crippen LogP contribution in [0.2, 0.25) is 0 Å². The van der Waals surface area contributed by atoms with Gasteiger partial charge in [0.2, 0.25) is 11.7 Å². The summed E-state index contributed by atoms with van der Waals surface area (Å²) in [5.41, 5.74) is 2.26. The molecule has 0 saturated heterocycles. The molecule has 0 spiro atoms. The van der Waals surface area contributed by atoms with Crippen molar-refractivity contribution in [2.24, 2.45) is 0 Å². The van der Waals surface area contributed by atoms with Crippen molar-refractivity contribution in [1.82, 2.24) is 24.9 Å². The summed E-state index contributed by atoms with van der Waals surface area (Å²) in [5.74, 6) is 2.28. The third-order valence-corrected chi connectivity index (χ3v) is 4.67. The van der Waals surface area contributed by atoms with Crippen LogP contribution in [-0.2, 0) is 5.75 Å². The Morgan fingerprint density at radius 3 is 2.54 bits per heavy atom. The maximum absolute atomic E-state index is 5.36. The van der Waals surface area contributed by atoms with E-state index in [1.165, 1.54) is 5.56 Å². The van der Waals surface area contributed by atoms with Gasteiger partial charge in [-0.25, -0.2) is 0 Å². The molecule has 0 radical (unpaired) electrons. The van der Waals surface area contributed by atoms with Gasteiger partial charge in [0.15, 0.2) is 5.16 Å². The summed E-state index contributed by atoms with van der Waals surface area (Å²) in [4.78, 5) is 4.47. The molecule has 24 heavy (non-hydrogen) atoms. The zero-order valence-electron chi connectivity index (χ0n) is 14.3. The van der Waals surface area contributed by atoms with Crippen molar-refractivity contribution < 1.29 is 4.52 Å². The molecule has 0 fully saturated rings. The van der Waals surface area contributed by atoms with Crippen LogP contribution in [0.15, 0.2) is 40.3 Å². The van der Waals surface area contributed by atoms with Crippen LogP contribution in [0.25, 0.3) is 11.4 Å². The predicted octanol–water partition coefficient (Wildman–Crippen LogP) is 4.32. The molecule has 126 valence electrons. The molecule has 0 aliphatic rings. The number of rotatable bonds is 6. The van der Waals surface area contributed by atoms with E-state index in [9.17, 15) is 0 Å². The second-order valence-corrected chi connectivity index (χ2v) is 7.13. The Balaban J connectivity index is 1.68. The van der Waals surface area contributed by atoms with Crippen LogP contribution in [0.1, 0.15) is 51.1 Å². The zero-order valence-corrected chi connectivity index (χ0v) is 15.1. The van der Waals surface area contributed by atoms with E-state index >= 15 is 0 Å². The fraction of sp³-hybridized carbons (Fsp3) is 0.412. The van der Waals surface area contributed by atoms with Crippen molar-refractivity contribution in [3.63, 3.8) is 0 Å². The first-order valence-corrected chi connectivity index (χ1v) is 8.98. The van der Waals surface area contributed by atoms with Crippen LogP contribution in [0.5, 0.6) is 0 Å². The van der Waals surface area contributed by atoms with E-state index < -0.39 is 0 Å². The largest absolute Gasteiger partial charge is 0.338 e. The van der Waals surface area contributed by atoms with Crippen LogP contribution in [-0.4, -0.2) is 24.9 Å². The Morgan fingerprint density at radius 2 is 1.88 bits per heavy atom. The lowest BCUT2D eigenvalue weighted by Gasteiger charge is -2.07. The van der Waals surface area contributed by atoms with Gasteiger partial charge in [0.1, 0.15) is 6.33 Å². The number of benzene rings is 1. The molecule has 3 aromatic rings. The minimum Gasteiger partial charge on any atom is -0.338 e. The SMILES string of the molecule is CC(C)c1ccc(-c2noc(CSc3nncn3C(C)C)n2)cc1. The van der Waals surface area contributed by atoms with Gasteiger partial charge >= 0.3 is 0 Å². The lowest BCUT2D eigenvalue weighted by atomic mass is 10.0.